The van der Waals surface area contributed by atoms with E-state index in [1.165, 1.54) is 18.2 Å². The standard InChI is InChI=1S/C14H13F2NO/c1-17-9-10-5-4-7-12(16)14(10)18-13-8-3-2-6-11(13)15/h2-8,17H,9H2,1H3. The summed E-state index contributed by atoms with van der Waals surface area (Å²) in [5, 5.41) is 2.91. The lowest BCUT2D eigenvalue weighted by molar-refractivity contribution is 0.409. The highest BCUT2D eigenvalue weighted by atomic mass is 19.1. The summed E-state index contributed by atoms with van der Waals surface area (Å²) in [4.78, 5) is 0. The van der Waals surface area contributed by atoms with Crippen LogP contribution in [0.15, 0.2) is 42.5 Å². The summed E-state index contributed by atoms with van der Waals surface area (Å²) in [6, 6.07) is 10.5. The maximum Gasteiger partial charge on any atom is 0.167 e. The van der Waals surface area contributed by atoms with Crippen LogP contribution in [0.25, 0.3) is 0 Å². The lowest BCUT2D eigenvalue weighted by Gasteiger charge is -2.12. The monoisotopic (exact) mass is 249 g/mol. The van der Waals surface area contributed by atoms with Gasteiger partial charge in [0.1, 0.15) is 0 Å². The van der Waals surface area contributed by atoms with Crippen LogP contribution in [-0.2, 0) is 6.54 Å². The van der Waals surface area contributed by atoms with E-state index in [2.05, 4.69) is 5.32 Å². The van der Waals surface area contributed by atoms with Crippen molar-refractivity contribution in [3.63, 3.8) is 0 Å². The summed E-state index contributed by atoms with van der Waals surface area (Å²) in [5.41, 5.74) is 0.640. The number of ether oxygens (including phenoxy) is 1. The van der Waals surface area contributed by atoms with Gasteiger partial charge in [-0.15, -0.1) is 0 Å². The molecule has 0 bridgehead atoms. The van der Waals surface area contributed by atoms with Gasteiger partial charge in [-0.05, 0) is 25.2 Å². The molecular weight excluding hydrogens is 236 g/mol. The van der Waals surface area contributed by atoms with Crippen molar-refractivity contribution in [2.75, 3.05) is 7.05 Å². The van der Waals surface area contributed by atoms with Gasteiger partial charge >= 0.3 is 0 Å². The molecular formula is C14H13F2NO. The number of benzene rings is 2. The molecule has 0 fully saturated rings. The zero-order valence-corrected chi connectivity index (χ0v) is 9.91. The van der Waals surface area contributed by atoms with Gasteiger partial charge < -0.3 is 10.1 Å². The maximum absolute atomic E-state index is 13.7. The number of rotatable bonds is 4. The molecule has 1 N–H and O–H groups in total. The molecule has 2 rings (SSSR count). The Labute approximate surface area is 104 Å². The minimum absolute atomic E-state index is 0.0138. The van der Waals surface area contributed by atoms with Gasteiger partial charge in [-0.1, -0.05) is 24.3 Å². The molecule has 0 aliphatic rings. The van der Waals surface area contributed by atoms with Crippen LogP contribution in [0.2, 0.25) is 0 Å². The van der Waals surface area contributed by atoms with Crippen molar-refractivity contribution in [2.24, 2.45) is 0 Å². The topological polar surface area (TPSA) is 21.3 Å². The first kappa shape index (κ1) is 12.5. The van der Waals surface area contributed by atoms with E-state index in [0.717, 1.165) is 0 Å². The smallest absolute Gasteiger partial charge is 0.167 e. The first-order chi connectivity index (χ1) is 8.72. The number of hydrogen-bond donors (Lipinski definition) is 1. The van der Waals surface area contributed by atoms with Crippen LogP contribution in [-0.4, -0.2) is 7.05 Å². The van der Waals surface area contributed by atoms with Gasteiger partial charge in [0.15, 0.2) is 23.1 Å². The molecule has 0 spiro atoms. The molecule has 0 unspecified atom stereocenters. The Kier molecular flexibility index (Phi) is 3.89. The van der Waals surface area contributed by atoms with Crippen LogP contribution in [0.3, 0.4) is 0 Å². The number of halogens is 2. The Morgan fingerprint density at radius 1 is 1.00 bits per heavy atom. The Morgan fingerprint density at radius 3 is 2.44 bits per heavy atom. The quantitative estimate of drug-likeness (QED) is 0.895. The van der Waals surface area contributed by atoms with Crippen molar-refractivity contribution < 1.29 is 13.5 Å². The lowest BCUT2D eigenvalue weighted by atomic mass is 10.2. The van der Waals surface area contributed by atoms with Crippen molar-refractivity contribution in [2.45, 2.75) is 6.54 Å². The highest BCUT2D eigenvalue weighted by Gasteiger charge is 2.12. The van der Waals surface area contributed by atoms with Crippen LogP contribution in [0.4, 0.5) is 8.78 Å². The molecule has 0 heterocycles. The van der Waals surface area contributed by atoms with Gasteiger partial charge in [-0.2, -0.15) is 0 Å². The van der Waals surface area contributed by atoms with Gasteiger partial charge in [-0.25, -0.2) is 8.78 Å². The average Bonchev–Trinajstić information content (AvgIpc) is 2.36. The highest BCUT2D eigenvalue weighted by Crippen LogP contribution is 2.29. The van der Waals surface area contributed by atoms with Crippen LogP contribution in [0.5, 0.6) is 11.5 Å². The van der Waals surface area contributed by atoms with Gasteiger partial charge in [0.2, 0.25) is 0 Å². The van der Waals surface area contributed by atoms with Crippen LogP contribution in [0.1, 0.15) is 5.56 Å². The molecule has 2 nitrogen and oxygen atoms in total. The molecule has 0 saturated heterocycles. The first-order valence-corrected chi connectivity index (χ1v) is 5.56. The minimum Gasteiger partial charge on any atom is -0.451 e. The molecule has 4 heteroatoms. The van der Waals surface area contributed by atoms with Gasteiger partial charge in [0, 0.05) is 12.1 Å². The summed E-state index contributed by atoms with van der Waals surface area (Å²) < 4.78 is 32.5. The SMILES string of the molecule is CNCc1cccc(F)c1Oc1ccccc1F. The third kappa shape index (κ3) is 2.65. The predicted molar refractivity (Wildman–Crippen MR) is 65.6 cm³/mol. The molecule has 18 heavy (non-hydrogen) atoms. The van der Waals surface area contributed by atoms with E-state index in [9.17, 15) is 8.78 Å². The molecule has 94 valence electrons. The second-order valence-corrected chi connectivity index (χ2v) is 3.79. The largest absolute Gasteiger partial charge is 0.451 e. The van der Waals surface area contributed by atoms with Gasteiger partial charge in [0.25, 0.3) is 0 Å². The van der Waals surface area contributed by atoms with Crippen molar-refractivity contribution in [1.82, 2.24) is 5.32 Å². The van der Waals surface area contributed by atoms with E-state index in [1.54, 1.807) is 31.3 Å². The highest BCUT2D eigenvalue weighted by molar-refractivity contribution is 5.39. The Bertz CT molecular complexity index is 543. The Morgan fingerprint density at radius 2 is 1.72 bits per heavy atom. The number of nitrogens with one attached hydrogen (secondary N) is 1. The van der Waals surface area contributed by atoms with E-state index in [4.69, 9.17) is 4.74 Å². The van der Waals surface area contributed by atoms with E-state index < -0.39 is 11.6 Å². The maximum atomic E-state index is 13.7. The van der Waals surface area contributed by atoms with Crippen molar-refractivity contribution in [3.8, 4) is 11.5 Å². The van der Waals surface area contributed by atoms with Crippen molar-refractivity contribution >= 4 is 0 Å². The fourth-order valence-corrected chi connectivity index (χ4v) is 1.63. The van der Waals surface area contributed by atoms with Crippen LogP contribution in [0, 0.1) is 11.6 Å². The van der Waals surface area contributed by atoms with Crippen molar-refractivity contribution in [1.29, 1.82) is 0 Å². The molecule has 0 saturated carbocycles. The third-order valence-corrected chi connectivity index (χ3v) is 2.46. The van der Waals surface area contributed by atoms with E-state index in [1.807, 2.05) is 0 Å². The summed E-state index contributed by atoms with van der Waals surface area (Å²) >= 11 is 0. The fourth-order valence-electron chi connectivity index (χ4n) is 1.63. The molecule has 0 aromatic heterocycles. The van der Waals surface area contributed by atoms with Gasteiger partial charge in [0.05, 0.1) is 0 Å². The van der Waals surface area contributed by atoms with E-state index in [-0.39, 0.29) is 11.5 Å². The summed E-state index contributed by atoms with van der Waals surface area (Å²) in [7, 11) is 1.75. The van der Waals surface area contributed by atoms with Crippen LogP contribution < -0.4 is 10.1 Å². The molecule has 2 aromatic rings. The molecule has 0 atom stereocenters. The zero-order valence-electron chi connectivity index (χ0n) is 9.91. The minimum atomic E-state index is -0.517. The second-order valence-electron chi connectivity index (χ2n) is 3.79. The lowest BCUT2D eigenvalue weighted by Crippen LogP contribution is -2.07. The number of hydrogen-bond acceptors (Lipinski definition) is 2. The fraction of sp³-hybridized carbons (Fsp3) is 0.143. The summed E-state index contributed by atoms with van der Waals surface area (Å²) in [6.45, 7) is 0.446. The zero-order chi connectivity index (χ0) is 13.0. The molecule has 0 aliphatic carbocycles. The Hall–Kier alpha value is -1.94. The summed E-state index contributed by atoms with van der Waals surface area (Å²) in [6.07, 6.45) is 0. The Balaban J connectivity index is 2.36. The van der Waals surface area contributed by atoms with Crippen molar-refractivity contribution in [3.05, 3.63) is 59.7 Å². The van der Waals surface area contributed by atoms with Crippen LogP contribution >= 0.6 is 0 Å². The predicted octanol–water partition coefficient (Wildman–Crippen LogP) is 3.48. The molecule has 0 amide bonds. The third-order valence-electron chi connectivity index (χ3n) is 2.46. The average molecular weight is 249 g/mol. The second kappa shape index (κ2) is 5.60. The summed E-state index contributed by atoms with van der Waals surface area (Å²) in [5.74, 6) is -0.959. The van der Waals surface area contributed by atoms with E-state index >= 15 is 0 Å². The molecule has 2 aromatic carbocycles. The van der Waals surface area contributed by atoms with Gasteiger partial charge in [-0.3, -0.25) is 0 Å². The first-order valence-electron chi connectivity index (χ1n) is 5.56. The molecule has 0 aliphatic heterocycles. The normalized spacial score (nSPS) is 10.4. The molecule has 0 radical (unpaired) electrons. The number of para-hydroxylation sites is 2. The van der Waals surface area contributed by atoms with E-state index in [0.29, 0.717) is 12.1 Å².